The van der Waals surface area contributed by atoms with Crippen molar-refractivity contribution in [3.05, 3.63) is 60.1 Å². The molecule has 0 spiro atoms. The molecule has 0 aromatic carbocycles. The Kier molecular flexibility index (Phi) is 6.41. The number of aliphatic imine (C=N–C) groups is 1. The highest BCUT2D eigenvalue weighted by Crippen LogP contribution is 2.24. The Morgan fingerprint density at radius 1 is 1.28 bits per heavy atom. The molecule has 1 fully saturated rings. The van der Waals surface area contributed by atoms with E-state index in [1.165, 1.54) is 5.00 Å². The predicted molar refractivity (Wildman–Crippen MR) is 119 cm³/mol. The van der Waals surface area contributed by atoms with Crippen molar-refractivity contribution in [3.8, 4) is 5.82 Å². The molecule has 0 atom stereocenters. The topological polar surface area (TPSA) is 70.4 Å². The molecule has 0 saturated carbocycles. The van der Waals surface area contributed by atoms with Gasteiger partial charge in [-0.25, -0.2) is 15.0 Å². The van der Waals surface area contributed by atoms with Gasteiger partial charge >= 0.3 is 0 Å². The van der Waals surface area contributed by atoms with Gasteiger partial charge in [0.05, 0.1) is 11.5 Å². The fourth-order valence-electron chi connectivity index (χ4n) is 3.47. The number of imidazole rings is 1. The third-order valence-corrected chi connectivity index (χ3v) is 5.93. The summed E-state index contributed by atoms with van der Waals surface area (Å²) in [5.74, 6) is 1.73. The van der Waals surface area contributed by atoms with E-state index in [4.69, 9.17) is 4.99 Å². The van der Waals surface area contributed by atoms with Crippen LogP contribution in [0.15, 0.2) is 59.6 Å². The molecule has 0 amide bonds. The third kappa shape index (κ3) is 5.14. The minimum absolute atomic E-state index is 0.447. The zero-order valence-corrected chi connectivity index (χ0v) is 17.5. The summed E-state index contributed by atoms with van der Waals surface area (Å²) in [5, 5.41) is 10.5. The fraction of sp³-hybridized carbons (Fsp3) is 0.381. The Balaban J connectivity index is 1.35. The Labute approximate surface area is 175 Å². The molecule has 152 valence electrons. The second kappa shape index (κ2) is 9.56. The van der Waals surface area contributed by atoms with Gasteiger partial charge in [-0.1, -0.05) is 0 Å². The molecule has 0 unspecified atom stereocenters. The summed E-state index contributed by atoms with van der Waals surface area (Å²) in [5.41, 5.74) is 1.12. The summed E-state index contributed by atoms with van der Waals surface area (Å²) in [6.07, 6.45) is 9.45. The van der Waals surface area contributed by atoms with E-state index in [1.54, 1.807) is 12.5 Å². The average molecular weight is 410 g/mol. The lowest BCUT2D eigenvalue weighted by Gasteiger charge is -2.33. The van der Waals surface area contributed by atoms with Gasteiger partial charge < -0.3 is 15.5 Å². The Bertz CT molecular complexity index is 897. The molecule has 4 rings (SSSR count). The third-order valence-electron chi connectivity index (χ3n) is 5.00. The zero-order valence-electron chi connectivity index (χ0n) is 16.7. The van der Waals surface area contributed by atoms with Gasteiger partial charge in [0.1, 0.15) is 12.1 Å². The number of hydrogen-bond donors (Lipinski definition) is 2. The molecule has 4 heterocycles. The first-order chi connectivity index (χ1) is 14.3. The van der Waals surface area contributed by atoms with E-state index in [9.17, 15) is 0 Å². The quantitative estimate of drug-likeness (QED) is 0.484. The van der Waals surface area contributed by atoms with Crippen molar-refractivity contribution in [3.63, 3.8) is 0 Å². The summed E-state index contributed by atoms with van der Waals surface area (Å²) in [6.45, 7) is 5.71. The molecule has 8 heteroatoms. The largest absolute Gasteiger partial charge is 0.363 e. The highest BCUT2D eigenvalue weighted by atomic mass is 32.1. The minimum atomic E-state index is 0.447. The van der Waals surface area contributed by atoms with Crippen molar-refractivity contribution in [1.82, 2.24) is 25.2 Å². The van der Waals surface area contributed by atoms with Crippen LogP contribution in [0.2, 0.25) is 0 Å². The highest BCUT2D eigenvalue weighted by Gasteiger charge is 2.20. The number of nitrogens with zero attached hydrogens (tertiary/aromatic N) is 5. The molecule has 29 heavy (non-hydrogen) atoms. The Morgan fingerprint density at radius 3 is 2.90 bits per heavy atom. The van der Waals surface area contributed by atoms with Crippen LogP contribution in [0.5, 0.6) is 0 Å². The van der Waals surface area contributed by atoms with E-state index >= 15 is 0 Å². The minimum Gasteiger partial charge on any atom is -0.363 e. The number of thiophene rings is 1. The summed E-state index contributed by atoms with van der Waals surface area (Å²) in [7, 11) is 0. The molecule has 7 nitrogen and oxygen atoms in total. The van der Waals surface area contributed by atoms with E-state index in [0.717, 1.165) is 49.8 Å². The van der Waals surface area contributed by atoms with Crippen LogP contribution in [0.1, 0.15) is 25.3 Å². The standard InChI is InChI=1S/C21H27N7S/c1-2-23-21(26-18-6-10-27(11-7-18)20-4-3-13-29-20)25-15-17-5-8-24-19(14-17)28-12-9-22-16-28/h3-5,8-9,12-14,16,18H,2,6-7,10-11,15H2,1H3,(H2,23,25,26). The maximum absolute atomic E-state index is 4.80. The molecular formula is C21H27N7S. The SMILES string of the molecule is CCNC(=NCc1ccnc(-n2ccnc2)c1)NC1CCN(c2cccs2)CC1. The van der Waals surface area contributed by atoms with Crippen LogP contribution in [-0.2, 0) is 6.54 Å². The number of piperidine rings is 1. The second-order valence-corrected chi connectivity index (χ2v) is 7.97. The van der Waals surface area contributed by atoms with E-state index in [-0.39, 0.29) is 0 Å². The lowest BCUT2D eigenvalue weighted by Crippen LogP contribution is -2.48. The average Bonchev–Trinajstić information content (AvgIpc) is 3.47. The molecule has 1 saturated heterocycles. The number of guanidine groups is 1. The van der Waals surface area contributed by atoms with Crippen LogP contribution in [0.3, 0.4) is 0 Å². The molecule has 1 aliphatic rings. The zero-order chi connectivity index (χ0) is 19.9. The highest BCUT2D eigenvalue weighted by molar-refractivity contribution is 7.14. The van der Waals surface area contributed by atoms with Crippen LogP contribution < -0.4 is 15.5 Å². The first-order valence-electron chi connectivity index (χ1n) is 10.1. The summed E-state index contributed by atoms with van der Waals surface area (Å²) < 4.78 is 1.90. The number of aromatic nitrogens is 3. The monoisotopic (exact) mass is 409 g/mol. The maximum atomic E-state index is 4.80. The molecule has 3 aromatic rings. The first-order valence-corrected chi connectivity index (χ1v) is 11.0. The summed E-state index contributed by atoms with van der Waals surface area (Å²) in [4.78, 5) is 15.8. The molecule has 0 radical (unpaired) electrons. The second-order valence-electron chi connectivity index (χ2n) is 7.04. The normalized spacial score (nSPS) is 15.5. The van der Waals surface area contributed by atoms with Crippen LogP contribution in [-0.4, -0.2) is 46.2 Å². The number of nitrogens with one attached hydrogen (secondary N) is 2. The van der Waals surface area contributed by atoms with Crippen LogP contribution in [0.25, 0.3) is 5.82 Å². The van der Waals surface area contributed by atoms with Gasteiger partial charge in [0, 0.05) is 44.3 Å². The van der Waals surface area contributed by atoms with Crippen molar-refractivity contribution < 1.29 is 0 Å². The van der Waals surface area contributed by atoms with Crippen molar-refractivity contribution in [2.45, 2.75) is 32.4 Å². The lowest BCUT2D eigenvalue weighted by molar-refractivity contribution is 0.463. The lowest BCUT2D eigenvalue weighted by atomic mass is 10.1. The van der Waals surface area contributed by atoms with Crippen LogP contribution in [0, 0.1) is 0 Å². The molecule has 1 aliphatic heterocycles. The van der Waals surface area contributed by atoms with Gasteiger partial charge in [0.15, 0.2) is 5.96 Å². The Morgan fingerprint density at radius 2 is 2.17 bits per heavy atom. The maximum Gasteiger partial charge on any atom is 0.191 e. The van der Waals surface area contributed by atoms with Gasteiger partial charge in [-0.05, 0) is 55.0 Å². The predicted octanol–water partition coefficient (Wildman–Crippen LogP) is 3.05. The number of rotatable bonds is 6. The van der Waals surface area contributed by atoms with Gasteiger partial charge in [-0.3, -0.25) is 4.57 Å². The number of anilines is 1. The first kappa shape index (κ1) is 19.4. The van der Waals surface area contributed by atoms with Gasteiger partial charge in [0.2, 0.25) is 0 Å². The number of pyridine rings is 1. The van der Waals surface area contributed by atoms with Crippen molar-refractivity contribution in [1.29, 1.82) is 0 Å². The molecule has 3 aromatic heterocycles. The summed E-state index contributed by atoms with van der Waals surface area (Å²) >= 11 is 1.82. The molecule has 0 aliphatic carbocycles. The molecule has 2 N–H and O–H groups in total. The smallest absolute Gasteiger partial charge is 0.191 e. The van der Waals surface area contributed by atoms with Gasteiger partial charge in [0.25, 0.3) is 0 Å². The van der Waals surface area contributed by atoms with E-state index in [1.807, 2.05) is 40.4 Å². The van der Waals surface area contributed by atoms with Crippen molar-refractivity contribution in [2.75, 3.05) is 24.5 Å². The molecular weight excluding hydrogens is 382 g/mol. The molecule has 0 bridgehead atoms. The van der Waals surface area contributed by atoms with Crippen molar-refractivity contribution >= 4 is 22.3 Å². The van der Waals surface area contributed by atoms with Crippen LogP contribution >= 0.6 is 11.3 Å². The number of hydrogen-bond acceptors (Lipinski definition) is 5. The van der Waals surface area contributed by atoms with Gasteiger partial charge in [-0.15, -0.1) is 11.3 Å². The Hall–Kier alpha value is -2.87. The van der Waals surface area contributed by atoms with E-state index < -0.39 is 0 Å². The van der Waals surface area contributed by atoms with E-state index in [0.29, 0.717) is 12.6 Å². The van der Waals surface area contributed by atoms with E-state index in [2.05, 4.69) is 49.9 Å². The van der Waals surface area contributed by atoms with Crippen LogP contribution in [0.4, 0.5) is 5.00 Å². The van der Waals surface area contributed by atoms with Gasteiger partial charge in [-0.2, -0.15) is 0 Å². The van der Waals surface area contributed by atoms with Crippen molar-refractivity contribution in [2.24, 2.45) is 4.99 Å². The fourth-order valence-corrected chi connectivity index (χ4v) is 4.26. The summed E-state index contributed by atoms with van der Waals surface area (Å²) in [6, 6.07) is 8.83.